The summed E-state index contributed by atoms with van der Waals surface area (Å²) in [4.78, 5) is 25.5. The second kappa shape index (κ2) is 8.53. The SMILES string of the molecule is Cc1cc(C)cc(O[C@@H](C)C(=O)Nc2ccccc2C(=O)c2ccccc2)c1. The van der Waals surface area contributed by atoms with Crippen molar-refractivity contribution in [3.05, 3.63) is 95.1 Å². The summed E-state index contributed by atoms with van der Waals surface area (Å²) in [5.41, 5.74) is 3.63. The molecule has 3 aromatic rings. The monoisotopic (exact) mass is 373 g/mol. The van der Waals surface area contributed by atoms with Crippen molar-refractivity contribution in [3.8, 4) is 5.75 Å². The Balaban J connectivity index is 1.76. The summed E-state index contributed by atoms with van der Waals surface area (Å²) in [6.45, 7) is 5.65. The fraction of sp³-hybridized carbons (Fsp3) is 0.167. The first-order valence-electron chi connectivity index (χ1n) is 9.18. The zero-order chi connectivity index (χ0) is 20.1. The largest absolute Gasteiger partial charge is 0.481 e. The smallest absolute Gasteiger partial charge is 0.265 e. The standard InChI is InChI=1S/C24H23NO3/c1-16-13-17(2)15-20(14-16)28-18(3)24(27)25-22-12-8-7-11-21(22)23(26)19-9-5-4-6-10-19/h4-15,18H,1-3H3,(H,25,27)/t18-/m0/s1. The van der Waals surface area contributed by atoms with Gasteiger partial charge in [0.1, 0.15) is 5.75 Å². The van der Waals surface area contributed by atoms with Crippen molar-refractivity contribution in [1.29, 1.82) is 0 Å². The number of carbonyl (C=O) groups excluding carboxylic acids is 2. The fourth-order valence-corrected chi connectivity index (χ4v) is 3.03. The Labute approximate surface area is 165 Å². The highest BCUT2D eigenvalue weighted by Crippen LogP contribution is 2.21. The second-order valence-electron chi connectivity index (χ2n) is 6.81. The Morgan fingerprint density at radius 2 is 1.46 bits per heavy atom. The maximum Gasteiger partial charge on any atom is 0.265 e. The predicted molar refractivity (Wildman–Crippen MR) is 111 cm³/mol. The highest BCUT2D eigenvalue weighted by molar-refractivity contribution is 6.14. The van der Waals surface area contributed by atoms with Gasteiger partial charge in [-0.3, -0.25) is 9.59 Å². The molecule has 0 bridgehead atoms. The first-order chi connectivity index (χ1) is 13.4. The lowest BCUT2D eigenvalue weighted by atomic mass is 10.0. The highest BCUT2D eigenvalue weighted by atomic mass is 16.5. The molecule has 3 rings (SSSR count). The topological polar surface area (TPSA) is 55.4 Å². The van der Waals surface area contributed by atoms with E-state index in [4.69, 9.17) is 4.74 Å². The minimum atomic E-state index is -0.707. The van der Waals surface area contributed by atoms with Gasteiger partial charge in [-0.1, -0.05) is 48.5 Å². The van der Waals surface area contributed by atoms with E-state index in [9.17, 15) is 9.59 Å². The average Bonchev–Trinajstić information content (AvgIpc) is 2.67. The van der Waals surface area contributed by atoms with Gasteiger partial charge < -0.3 is 10.1 Å². The summed E-state index contributed by atoms with van der Waals surface area (Å²) in [6, 6.07) is 21.8. The van der Waals surface area contributed by atoms with Gasteiger partial charge in [0.15, 0.2) is 11.9 Å². The predicted octanol–water partition coefficient (Wildman–Crippen LogP) is 4.94. The van der Waals surface area contributed by atoms with Crippen LogP contribution in [-0.2, 0) is 4.79 Å². The third kappa shape index (κ3) is 4.65. The van der Waals surface area contributed by atoms with Crippen LogP contribution in [0.3, 0.4) is 0 Å². The van der Waals surface area contributed by atoms with E-state index >= 15 is 0 Å². The lowest BCUT2D eigenvalue weighted by Crippen LogP contribution is -2.30. The number of hydrogen-bond acceptors (Lipinski definition) is 3. The molecule has 1 atom stereocenters. The first-order valence-corrected chi connectivity index (χ1v) is 9.18. The molecular weight excluding hydrogens is 350 g/mol. The minimum absolute atomic E-state index is 0.139. The number of nitrogens with one attached hydrogen (secondary N) is 1. The highest BCUT2D eigenvalue weighted by Gasteiger charge is 2.19. The lowest BCUT2D eigenvalue weighted by molar-refractivity contribution is -0.122. The average molecular weight is 373 g/mol. The lowest BCUT2D eigenvalue weighted by Gasteiger charge is -2.17. The summed E-state index contributed by atoms with van der Waals surface area (Å²) < 4.78 is 5.80. The van der Waals surface area contributed by atoms with Crippen LogP contribution >= 0.6 is 0 Å². The molecule has 0 fully saturated rings. The normalized spacial score (nSPS) is 11.5. The Hall–Kier alpha value is -3.40. The molecule has 0 aliphatic rings. The van der Waals surface area contributed by atoms with Crippen molar-refractivity contribution in [2.45, 2.75) is 26.9 Å². The minimum Gasteiger partial charge on any atom is -0.481 e. The molecule has 0 unspecified atom stereocenters. The number of carbonyl (C=O) groups is 2. The summed E-state index contributed by atoms with van der Waals surface area (Å²) in [6.07, 6.45) is -0.707. The van der Waals surface area contributed by atoms with Gasteiger partial charge in [-0.05, 0) is 56.2 Å². The van der Waals surface area contributed by atoms with Crippen molar-refractivity contribution >= 4 is 17.4 Å². The van der Waals surface area contributed by atoms with Gasteiger partial charge in [0.2, 0.25) is 0 Å². The van der Waals surface area contributed by atoms with Crippen LogP contribution < -0.4 is 10.1 Å². The molecule has 4 nitrogen and oxygen atoms in total. The molecule has 0 heterocycles. The number of hydrogen-bond donors (Lipinski definition) is 1. The van der Waals surface area contributed by atoms with Gasteiger partial charge in [0.05, 0.1) is 5.69 Å². The number of rotatable bonds is 6. The van der Waals surface area contributed by atoms with Crippen LogP contribution in [0.25, 0.3) is 0 Å². The van der Waals surface area contributed by atoms with Gasteiger partial charge in [-0.25, -0.2) is 0 Å². The molecule has 4 heteroatoms. The molecule has 0 saturated carbocycles. The van der Waals surface area contributed by atoms with E-state index in [1.807, 2.05) is 50.2 Å². The van der Waals surface area contributed by atoms with Crippen LogP contribution in [-0.4, -0.2) is 17.8 Å². The summed E-state index contributed by atoms with van der Waals surface area (Å²) in [5.74, 6) is 0.195. The third-order valence-electron chi connectivity index (χ3n) is 4.34. The number of ketones is 1. The summed E-state index contributed by atoms with van der Waals surface area (Å²) in [5, 5.41) is 2.83. The molecule has 142 valence electrons. The molecule has 1 N–H and O–H groups in total. The van der Waals surface area contributed by atoms with Crippen LogP contribution in [0.15, 0.2) is 72.8 Å². The molecule has 3 aromatic carbocycles. The van der Waals surface area contributed by atoms with Crippen molar-refractivity contribution in [2.75, 3.05) is 5.32 Å². The van der Waals surface area contributed by atoms with E-state index in [2.05, 4.69) is 5.32 Å². The van der Waals surface area contributed by atoms with E-state index in [0.29, 0.717) is 22.6 Å². The molecule has 0 radical (unpaired) electrons. The molecule has 0 saturated heterocycles. The number of para-hydroxylation sites is 1. The number of anilines is 1. The van der Waals surface area contributed by atoms with Gasteiger partial charge >= 0.3 is 0 Å². The Kier molecular flexibility index (Phi) is 5.90. The quantitative estimate of drug-likeness (QED) is 0.623. The van der Waals surface area contributed by atoms with Gasteiger partial charge in [0, 0.05) is 11.1 Å². The molecule has 28 heavy (non-hydrogen) atoms. The maximum atomic E-state index is 12.8. The Morgan fingerprint density at radius 1 is 0.857 bits per heavy atom. The Bertz CT molecular complexity index is 975. The van der Waals surface area contributed by atoms with E-state index in [1.54, 1.807) is 43.3 Å². The first kappa shape index (κ1) is 19.4. The zero-order valence-electron chi connectivity index (χ0n) is 16.2. The van der Waals surface area contributed by atoms with Crippen LogP contribution in [0.4, 0.5) is 5.69 Å². The number of amides is 1. The number of aryl methyl sites for hydroxylation is 2. The van der Waals surface area contributed by atoms with E-state index < -0.39 is 6.10 Å². The van der Waals surface area contributed by atoms with E-state index in [0.717, 1.165) is 11.1 Å². The Morgan fingerprint density at radius 3 is 2.14 bits per heavy atom. The van der Waals surface area contributed by atoms with Crippen LogP contribution in [0, 0.1) is 13.8 Å². The van der Waals surface area contributed by atoms with Crippen molar-refractivity contribution in [1.82, 2.24) is 0 Å². The van der Waals surface area contributed by atoms with Crippen LogP contribution in [0.1, 0.15) is 34.0 Å². The fourth-order valence-electron chi connectivity index (χ4n) is 3.03. The van der Waals surface area contributed by atoms with Crippen molar-refractivity contribution in [3.63, 3.8) is 0 Å². The summed E-state index contributed by atoms with van der Waals surface area (Å²) >= 11 is 0. The molecular formula is C24H23NO3. The van der Waals surface area contributed by atoms with Gasteiger partial charge in [-0.15, -0.1) is 0 Å². The number of benzene rings is 3. The van der Waals surface area contributed by atoms with Crippen molar-refractivity contribution in [2.24, 2.45) is 0 Å². The number of ether oxygens (including phenoxy) is 1. The van der Waals surface area contributed by atoms with E-state index in [1.165, 1.54) is 0 Å². The second-order valence-corrected chi connectivity index (χ2v) is 6.81. The maximum absolute atomic E-state index is 12.8. The van der Waals surface area contributed by atoms with Crippen LogP contribution in [0.2, 0.25) is 0 Å². The van der Waals surface area contributed by atoms with Gasteiger partial charge in [-0.2, -0.15) is 0 Å². The van der Waals surface area contributed by atoms with Gasteiger partial charge in [0.25, 0.3) is 5.91 Å². The molecule has 0 aliphatic heterocycles. The van der Waals surface area contributed by atoms with Crippen LogP contribution in [0.5, 0.6) is 5.75 Å². The third-order valence-corrected chi connectivity index (χ3v) is 4.34. The zero-order valence-corrected chi connectivity index (χ0v) is 16.2. The van der Waals surface area contributed by atoms with Crippen molar-refractivity contribution < 1.29 is 14.3 Å². The molecule has 0 spiro atoms. The molecule has 0 aromatic heterocycles. The summed E-state index contributed by atoms with van der Waals surface area (Å²) in [7, 11) is 0. The molecule has 0 aliphatic carbocycles. The van der Waals surface area contributed by atoms with E-state index in [-0.39, 0.29) is 11.7 Å². The molecule has 1 amide bonds.